The predicted octanol–water partition coefficient (Wildman–Crippen LogP) is 2.07. The summed E-state index contributed by atoms with van der Waals surface area (Å²) in [6.07, 6.45) is 1.15. The predicted molar refractivity (Wildman–Crippen MR) is 84.4 cm³/mol. The zero-order chi connectivity index (χ0) is 14.8. The van der Waals surface area contributed by atoms with Crippen LogP contribution >= 0.6 is 0 Å². The van der Waals surface area contributed by atoms with Crippen molar-refractivity contribution >= 4 is 5.69 Å². The standard InChI is InChI=1S/C16H27N3O/c1-16(2)12-19(9-5-8-18(3)4)14-7-6-13(11-17)10-15(14)20-16/h6-7,10H,5,8-9,11-12,17H2,1-4H3. The van der Waals surface area contributed by atoms with E-state index in [1.165, 1.54) is 5.69 Å². The van der Waals surface area contributed by atoms with Crippen LogP contribution in [0.1, 0.15) is 25.8 Å². The zero-order valence-corrected chi connectivity index (χ0v) is 13.1. The highest BCUT2D eigenvalue weighted by Gasteiger charge is 2.31. The smallest absolute Gasteiger partial charge is 0.143 e. The second kappa shape index (κ2) is 6.02. The number of nitrogens with zero attached hydrogens (tertiary/aromatic N) is 2. The highest BCUT2D eigenvalue weighted by molar-refractivity contribution is 5.61. The Kier molecular flexibility index (Phi) is 4.55. The molecule has 0 fully saturated rings. The van der Waals surface area contributed by atoms with Crippen LogP contribution in [-0.2, 0) is 6.54 Å². The molecule has 2 rings (SSSR count). The van der Waals surface area contributed by atoms with Crippen LogP contribution in [0.15, 0.2) is 18.2 Å². The first kappa shape index (κ1) is 15.1. The molecular formula is C16H27N3O. The van der Waals surface area contributed by atoms with Crippen molar-refractivity contribution in [1.82, 2.24) is 4.90 Å². The zero-order valence-electron chi connectivity index (χ0n) is 13.1. The minimum atomic E-state index is -0.154. The second-order valence-electron chi connectivity index (χ2n) is 6.45. The number of ether oxygens (including phenoxy) is 1. The maximum absolute atomic E-state index is 6.11. The van der Waals surface area contributed by atoms with E-state index < -0.39 is 0 Å². The van der Waals surface area contributed by atoms with Gasteiger partial charge in [0.1, 0.15) is 11.4 Å². The van der Waals surface area contributed by atoms with Gasteiger partial charge in [-0.15, -0.1) is 0 Å². The van der Waals surface area contributed by atoms with Crippen molar-refractivity contribution in [1.29, 1.82) is 0 Å². The Hall–Kier alpha value is -1.26. The lowest BCUT2D eigenvalue weighted by molar-refractivity contribution is 0.105. The molecular weight excluding hydrogens is 250 g/mol. The number of nitrogens with two attached hydrogens (primary N) is 1. The molecule has 1 heterocycles. The average molecular weight is 277 g/mol. The molecule has 0 radical (unpaired) electrons. The van der Waals surface area contributed by atoms with Gasteiger partial charge in [0, 0.05) is 13.1 Å². The van der Waals surface area contributed by atoms with Crippen molar-refractivity contribution in [3.8, 4) is 5.75 Å². The first-order chi connectivity index (χ1) is 9.41. The molecule has 0 aliphatic carbocycles. The summed E-state index contributed by atoms with van der Waals surface area (Å²) in [7, 11) is 4.23. The molecule has 1 aromatic carbocycles. The van der Waals surface area contributed by atoms with E-state index in [1.54, 1.807) is 0 Å². The molecule has 0 bridgehead atoms. The van der Waals surface area contributed by atoms with Crippen LogP contribution in [0.5, 0.6) is 5.75 Å². The summed E-state index contributed by atoms with van der Waals surface area (Å²) >= 11 is 0. The largest absolute Gasteiger partial charge is 0.484 e. The van der Waals surface area contributed by atoms with Crippen molar-refractivity contribution in [2.75, 3.05) is 38.6 Å². The number of rotatable bonds is 5. The molecule has 4 nitrogen and oxygen atoms in total. The maximum atomic E-state index is 6.11. The third-order valence-corrected chi connectivity index (χ3v) is 3.59. The van der Waals surface area contributed by atoms with E-state index in [0.29, 0.717) is 6.54 Å². The van der Waals surface area contributed by atoms with Gasteiger partial charge in [-0.05, 0) is 58.6 Å². The van der Waals surface area contributed by atoms with Crippen LogP contribution in [-0.4, -0.2) is 44.2 Å². The van der Waals surface area contributed by atoms with Gasteiger partial charge in [-0.1, -0.05) is 6.07 Å². The third-order valence-electron chi connectivity index (χ3n) is 3.59. The minimum Gasteiger partial charge on any atom is -0.484 e. The minimum absolute atomic E-state index is 0.154. The molecule has 0 aromatic heterocycles. The Morgan fingerprint density at radius 1 is 1.35 bits per heavy atom. The van der Waals surface area contributed by atoms with E-state index in [0.717, 1.165) is 37.4 Å². The van der Waals surface area contributed by atoms with Crippen LogP contribution in [0, 0.1) is 0 Å². The average Bonchev–Trinajstić information content (AvgIpc) is 2.36. The fourth-order valence-electron chi connectivity index (χ4n) is 2.68. The number of anilines is 1. The first-order valence-corrected chi connectivity index (χ1v) is 7.33. The van der Waals surface area contributed by atoms with E-state index in [9.17, 15) is 0 Å². The molecule has 112 valence electrons. The van der Waals surface area contributed by atoms with E-state index in [1.807, 2.05) is 0 Å². The second-order valence-corrected chi connectivity index (χ2v) is 6.45. The summed E-state index contributed by atoms with van der Waals surface area (Å²) in [5.41, 5.74) is 7.88. The molecule has 4 heteroatoms. The van der Waals surface area contributed by atoms with E-state index in [-0.39, 0.29) is 5.60 Å². The Morgan fingerprint density at radius 2 is 2.10 bits per heavy atom. The van der Waals surface area contributed by atoms with Crippen LogP contribution in [0.3, 0.4) is 0 Å². The molecule has 0 amide bonds. The summed E-state index contributed by atoms with van der Waals surface area (Å²) < 4.78 is 6.11. The van der Waals surface area contributed by atoms with Crippen LogP contribution in [0.4, 0.5) is 5.69 Å². The topological polar surface area (TPSA) is 41.7 Å². The molecule has 20 heavy (non-hydrogen) atoms. The third kappa shape index (κ3) is 3.64. The molecule has 0 saturated heterocycles. The van der Waals surface area contributed by atoms with Crippen LogP contribution in [0.25, 0.3) is 0 Å². The molecule has 0 atom stereocenters. The molecule has 1 aliphatic rings. The quantitative estimate of drug-likeness (QED) is 0.894. The normalized spacial score (nSPS) is 17.0. The lowest BCUT2D eigenvalue weighted by Gasteiger charge is -2.41. The lowest BCUT2D eigenvalue weighted by Crippen LogP contribution is -2.47. The fourth-order valence-corrected chi connectivity index (χ4v) is 2.68. The molecule has 0 saturated carbocycles. The summed E-state index contributed by atoms with van der Waals surface area (Å²) in [5.74, 6) is 0.967. The summed E-state index contributed by atoms with van der Waals surface area (Å²) in [6.45, 7) is 7.93. The highest BCUT2D eigenvalue weighted by Crippen LogP contribution is 2.37. The Morgan fingerprint density at radius 3 is 2.75 bits per heavy atom. The summed E-state index contributed by atoms with van der Waals surface area (Å²) in [5, 5.41) is 0. The Labute approximate surface area is 122 Å². The Bertz CT molecular complexity index is 457. The van der Waals surface area contributed by atoms with Crippen molar-refractivity contribution in [2.45, 2.75) is 32.4 Å². The lowest BCUT2D eigenvalue weighted by atomic mass is 10.0. The van der Waals surface area contributed by atoms with Gasteiger partial charge < -0.3 is 20.3 Å². The number of benzene rings is 1. The van der Waals surface area contributed by atoms with Crippen molar-refractivity contribution in [3.63, 3.8) is 0 Å². The number of hydrogen-bond acceptors (Lipinski definition) is 4. The van der Waals surface area contributed by atoms with Crippen LogP contribution < -0.4 is 15.4 Å². The molecule has 0 unspecified atom stereocenters. The SMILES string of the molecule is CN(C)CCCN1CC(C)(C)Oc2cc(CN)ccc21. The van der Waals surface area contributed by atoms with Gasteiger partial charge in [-0.25, -0.2) is 0 Å². The number of hydrogen-bond donors (Lipinski definition) is 1. The van der Waals surface area contributed by atoms with Gasteiger partial charge >= 0.3 is 0 Å². The monoisotopic (exact) mass is 277 g/mol. The highest BCUT2D eigenvalue weighted by atomic mass is 16.5. The first-order valence-electron chi connectivity index (χ1n) is 7.33. The van der Waals surface area contributed by atoms with Crippen LogP contribution in [0.2, 0.25) is 0 Å². The van der Waals surface area contributed by atoms with Gasteiger partial charge in [0.2, 0.25) is 0 Å². The Balaban J connectivity index is 2.17. The molecule has 0 spiro atoms. The van der Waals surface area contributed by atoms with Gasteiger partial charge in [0.15, 0.2) is 0 Å². The van der Waals surface area contributed by atoms with Gasteiger partial charge in [0.25, 0.3) is 0 Å². The van der Waals surface area contributed by atoms with Gasteiger partial charge in [0.05, 0.1) is 12.2 Å². The van der Waals surface area contributed by atoms with Crippen molar-refractivity contribution in [3.05, 3.63) is 23.8 Å². The van der Waals surface area contributed by atoms with E-state index in [2.05, 4.69) is 55.9 Å². The summed E-state index contributed by atoms with van der Waals surface area (Å²) in [6, 6.07) is 6.32. The number of fused-ring (bicyclic) bond motifs is 1. The summed E-state index contributed by atoms with van der Waals surface area (Å²) in [4.78, 5) is 4.66. The molecule has 1 aliphatic heterocycles. The maximum Gasteiger partial charge on any atom is 0.143 e. The van der Waals surface area contributed by atoms with E-state index >= 15 is 0 Å². The molecule has 2 N–H and O–H groups in total. The molecule has 1 aromatic rings. The van der Waals surface area contributed by atoms with Gasteiger partial charge in [-0.2, -0.15) is 0 Å². The van der Waals surface area contributed by atoms with Gasteiger partial charge in [-0.3, -0.25) is 0 Å². The van der Waals surface area contributed by atoms with E-state index in [4.69, 9.17) is 10.5 Å². The fraction of sp³-hybridized carbons (Fsp3) is 0.625. The van der Waals surface area contributed by atoms with Crippen molar-refractivity contribution < 1.29 is 4.74 Å². The van der Waals surface area contributed by atoms with Crippen molar-refractivity contribution in [2.24, 2.45) is 5.73 Å².